The van der Waals surface area contributed by atoms with Crippen molar-refractivity contribution >= 4 is 5.69 Å². The highest BCUT2D eigenvalue weighted by Gasteiger charge is 2.10. The molecule has 0 fully saturated rings. The van der Waals surface area contributed by atoms with Gasteiger partial charge in [0.15, 0.2) is 0 Å². The van der Waals surface area contributed by atoms with Crippen molar-refractivity contribution in [1.82, 2.24) is 9.88 Å². The molecule has 0 aliphatic carbocycles. The Morgan fingerprint density at radius 3 is 2.88 bits per heavy atom. The highest BCUT2D eigenvalue weighted by atomic mass is 16.6. The predicted octanol–water partition coefficient (Wildman–Crippen LogP) is 1.15. The molecule has 0 atom stereocenters. The second kappa shape index (κ2) is 6.80. The lowest BCUT2D eigenvalue weighted by Crippen LogP contribution is -2.18. The van der Waals surface area contributed by atoms with E-state index in [0.717, 1.165) is 25.9 Å². The Balaban J connectivity index is 2.52. The zero-order valence-corrected chi connectivity index (χ0v) is 9.89. The average molecular weight is 239 g/mol. The van der Waals surface area contributed by atoms with Gasteiger partial charge >= 0.3 is 5.69 Å². The van der Waals surface area contributed by atoms with Crippen LogP contribution in [0.15, 0.2) is 23.3 Å². The topological polar surface area (TPSA) is 77.2 Å². The van der Waals surface area contributed by atoms with Crippen LogP contribution in [-0.4, -0.2) is 22.6 Å². The molecule has 6 nitrogen and oxygen atoms in total. The number of aryl methyl sites for hydroxylation is 1. The molecule has 0 radical (unpaired) electrons. The number of aromatic nitrogens is 1. The molecule has 94 valence electrons. The summed E-state index contributed by atoms with van der Waals surface area (Å²) in [7, 11) is 0. The van der Waals surface area contributed by atoms with Crippen LogP contribution in [0.1, 0.15) is 19.8 Å². The first kappa shape index (κ1) is 13.4. The highest BCUT2D eigenvalue weighted by Crippen LogP contribution is 2.02. The lowest BCUT2D eigenvalue weighted by Gasteiger charge is -2.06. The first-order valence-electron chi connectivity index (χ1n) is 5.70. The van der Waals surface area contributed by atoms with Crippen molar-refractivity contribution in [1.29, 1.82) is 0 Å². The van der Waals surface area contributed by atoms with Gasteiger partial charge in [-0.2, -0.15) is 0 Å². The zero-order valence-electron chi connectivity index (χ0n) is 9.89. The Labute approximate surface area is 99.4 Å². The Morgan fingerprint density at radius 1 is 1.47 bits per heavy atom. The van der Waals surface area contributed by atoms with Gasteiger partial charge in [-0.25, -0.2) is 0 Å². The number of nitro groups is 1. The van der Waals surface area contributed by atoms with E-state index in [4.69, 9.17) is 0 Å². The molecule has 17 heavy (non-hydrogen) atoms. The van der Waals surface area contributed by atoms with Gasteiger partial charge in [0, 0.05) is 18.8 Å². The van der Waals surface area contributed by atoms with Crippen LogP contribution in [0.2, 0.25) is 0 Å². The van der Waals surface area contributed by atoms with Crippen molar-refractivity contribution in [3.63, 3.8) is 0 Å². The predicted molar refractivity (Wildman–Crippen MR) is 65.1 cm³/mol. The standard InChI is InChI=1S/C11H17N3O3/c1-2-5-12-6-3-7-13-8-4-11(15)10(9-13)14(16)17/h4,8-9,12H,2-3,5-7H2,1H3. The van der Waals surface area contributed by atoms with E-state index in [-0.39, 0.29) is 5.69 Å². The van der Waals surface area contributed by atoms with E-state index in [1.807, 2.05) is 0 Å². The second-order valence-electron chi connectivity index (χ2n) is 3.79. The maximum absolute atomic E-state index is 11.2. The maximum Gasteiger partial charge on any atom is 0.332 e. The fourth-order valence-electron chi connectivity index (χ4n) is 1.48. The Kier molecular flexibility index (Phi) is 5.35. The van der Waals surface area contributed by atoms with Crippen LogP contribution in [0.25, 0.3) is 0 Å². The van der Waals surface area contributed by atoms with Gasteiger partial charge in [-0.3, -0.25) is 14.9 Å². The van der Waals surface area contributed by atoms with E-state index in [0.29, 0.717) is 6.54 Å². The molecule has 0 saturated heterocycles. The van der Waals surface area contributed by atoms with Crippen LogP contribution in [0, 0.1) is 10.1 Å². The minimum atomic E-state index is -0.645. The number of rotatable bonds is 7. The Hall–Kier alpha value is -1.69. The van der Waals surface area contributed by atoms with Gasteiger partial charge in [0.2, 0.25) is 0 Å². The van der Waals surface area contributed by atoms with Gasteiger partial charge in [0.05, 0.1) is 11.1 Å². The van der Waals surface area contributed by atoms with Crippen molar-refractivity contribution in [3.05, 3.63) is 38.8 Å². The summed E-state index contributed by atoms with van der Waals surface area (Å²) < 4.78 is 1.67. The summed E-state index contributed by atoms with van der Waals surface area (Å²) in [6.07, 6.45) is 4.83. The maximum atomic E-state index is 11.2. The molecular formula is C11H17N3O3. The monoisotopic (exact) mass is 239 g/mol. The van der Waals surface area contributed by atoms with Gasteiger partial charge in [-0.05, 0) is 25.9 Å². The summed E-state index contributed by atoms with van der Waals surface area (Å²) in [5.74, 6) is 0. The normalized spacial score (nSPS) is 10.4. The lowest BCUT2D eigenvalue weighted by atomic mass is 10.3. The van der Waals surface area contributed by atoms with Crippen molar-refractivity contribution in [2.75, 3.05) is 13.1 Å². The largest absolute Gasteiger partial charge is 0.348 e. The molecule has 1 aromatic heterocycles. The molecule has 0 unspecified atom stereocenters. The third-order valence-corrected chi connectivity index (χ3v) is 2.35. The number of nitrogens with zero attached hydrogens (tertiary/aromatic N) is 2. The molecule has 0 aliphatic rings. The van der Waals surface area contributed by atoms with Crippen LogP contribution in [0.3, 0.4) is 0 Å². The minimum Gasteiger partial charge on any atom is -0.348 e. The smallest absolute Gasteiger partial charge is 0.332 e. The van der Waals surface area contributed by atoms with Gasteiger partial charge in [0.25, 0.3) is 5.43 Å². The molecule has 1 rings (SSSR count). The quantitative estimate of drug-likeness (QED) is 0.440. The average Bonchev–Trinajstić information content (AvgIpc) is 2.30. The van der Waals surface area contributed by atoms with Crippen molar-refractivity contribution < 1.29 is 4.92 Å². The highest BCUT2D eigenvalue weighted by molar-refractivity contribution is 5.25. The summed E-state index contributed by atoms with van der Waals surface area (Å²) in [6.45, 7) is 4.61. The fraction of sp³-hybridized carbons (Fsp3) is 0.545. The fourth-order valence-corrected chi connectivity index (χ4v) is 1.48. The number of pyridine rings is 1. The molecule has 0 aromatic carbocycles. The Morgan fingerprint density at radius 2 is 2.24 bits per heavy atom. The summed E-state index contributed by atoms with van der Waals surface area (Å²) in [5, 5.41) is 13.8. The molecule has 0 saturated carbocycles. The molecule has 1 heterocycles. The second-order valence-corrected chi connectivity index (χ2v) is 3.79. The zero-order chi connectivity index (χ0) is 12.7. The molecule has 1 aromatic rings. The number of hydrogen-bond acceptors (Lipinski definition) is 4. The van der Waals surface area contributed by atoms with E-state index in [9.17, 15) is 14.9 Å². The van der Waals surface area contributed by atoms with Crippen LogP contribution in [0.4, 0.5) is 5.69 Å². The summed E-state index contributed by atoms with van der Waals surface area (Å²) >= 11 is 0. The van der Waals surface area contributed by atoms with Gasteiger partial charge < -0.3 is 9.88 Å². The van der Waals surface area contributed by atoms with E-state index in [2.05, 4.69) is 12.2 Å². The van der Waals surface area contributed by atoms with Gasteiger partial charge in [-0.15, -0.1) is 0 Å². The van der Waals surface area contributed by atoms with E-state index in [1.54, 1.807) is 10.8 Å². The van der Waals surface area contributed by atoms with Gasteiger partial charge in [0.1, 0.15) is 0 Å². The molecule has 1 N–H and O–H groups in total. The third-order valence-electron chi connectivity index (χ3n) is 2.35. The number of nitrogens with one attached hydrogen (secondary N) is 1. The minimum absolute atomic E-state index is 0.367. The van der Waals surface area contributed by atoms with E-state index >= 15 is 0 Å². The molecule has 0 bridgehead atoms. The van der Waals surface area contributed by atoms with Crippen molar-refractivity contribution in [2.24, 2.45) is 0 Å². The molecule has 0 spiro atoms. The van der Waals surface area contributed by atoms with Gasteiger partial charge in [-0.1, -0.05) is 6.92 Å². The van der Waals surface area contributed by atoms with Crippen LogP contribution in [-0.2, 0) is 6.54 Å². The van der Waals surface area contributed by atoms with Crippen LogP contribution in [0.5, 0.6) is 0 Å². The lowest BCUT2D eigenvalue weighted by molar-refractivity contribution is -0.386. The third kappa shape index (κ3) is 4.36. The SMILES string of the molecule is CCCNCCCn1ccc(=O)c([N+](=O)[O-])c1. The van der Waals surface area contributed by atoms with Crippen molar-refractivity contribution in [3.8, 4) is 0 Å². The van der Waals surface area contributed by atoms with Crippen LogP contribution >= 0.6 is 0 Å². The first-order chi connectivity index (χ1) is 8.15. The van der Waals surface area contributed by atoms with E-state index < -0.39 is 10.4 Å². The van der Waals surface area contributed by atoms with Crippen LogP contribution < -0.4 is 10.7 Å². The Bertz CT molecular complexity index is 428. The summed E-state index contributed by atoms with van der Waals surface area (Å²) in [4.78, 5) is 21.1. The molecule has 0 aliphatic heterocycles. The number of hydrogen-bond donors (Lipinski definition) is 1. The summed E-state index contributed by atoms with van der Waals surface area (Å²) in [6, 6.07) is 1.23. The van der Waals surface area contributed by atoms with E-state index in [1.165, 1.54) is 12.3 Å². The first-order valence-corrected chi connectivity index (χ1v) is 5.70. The summed E-state index contributed by atoms with van der Waals surface area (Å²) in [5.41, 5.74) is -0.913. The van der Waals surface area contributed by atoms with Crippen molar-refractivity contribution in [2.45, 2.75) is 26.3 Å². The molecular weight excluding hydrogens is 222 g/mol. The molecule has 6 heteroatoms. The molecule has 0 amide bonds.